The molecule has 0 rings (SSSR count). The van der Waals surface area contributed by atoms with Crippen molar-refractivity contribution in [1.82, 2.24) is 4.72 Å². The maximum atomic E-state index is 3.76. The van der Waals surface area contributed by atoms with E-state index in [1.807, 2.05) is 12.2 Å². The van der Waals surface area contributed by atoms with Crippen LogP contribution in [-0.2, 0) is 0 Å². The van der Waals surface area contributed by atoms with Crippen LogP contribution in [0.1, 0.15) is 6.92 Å². The summed E-state index contributed by atoms with van der Waals surface area (Å²) in [5, 5.41) is 0. The lowest BCUT2D eigenvalue weighted by Crippen LogP contribution is -2.23. The fourth-order valence-electron chi connectivity index (χ4n) is 1.05. The number of rotatable bonds is 6. The third-order valence-corrected chi connectivity index (χ3v) is 4.39. The predicted molar refractivity (Wildman–Crippen MR) is 57.3 cm³/mol. The molecule has 1 nitrogen and oxygen atoms in total. The van der Waals surface area contributed by atoms with Crippen LogP contribution in [0.25, 0.3) is 0 Å². The van der Waals surface area contributed by atoms with Gasteiger partial charge in [-0.1, -0.05) is 19.1 Å². The summed E-state index contributed by atoms with van der Waals surface area (Å²) < 4.78 is 3.50. The first-order valence-electron chi connectivity index (χ1n) is 3.88. The predicted octanol–water partition coefficient (Wildman–Crippen LogP) is 2.32. The highest BCUT2D eigenvalue weighted by Crippen LogP contribution is 2.38. The van der Waals surface area contributed by atoms with Gasteiger partial charge in [-0.2, -0.15) is 10.2 Å². The van der Waals surface area contributed by atoms with Crippen LogP contribution in [0.4, 0.5) is 0 Å². The van der Waals surface area contributed by atoms with E-state index in [-0.39, 0.29) is 0 Å². The molecule has 0 aliphatic heterocycles. The van der Waals surface area contributed by atoms with E-state index < -0.39 is 10.2 Å². The first-order chi connectivity index (χ1) is 5.18. The summed E-state index contributed by atoms with van der Waals surface area (Å²) >= 11 is 0. The van der Waals surface area contributed by atoms with Crippen LogP contribution in [0, 0.1) is 0 Å². The molecule has 0 amide bonds. The summed E-state index contributed by atoms with van der Waals surface area (Å²) in [5.41, 5.74) is 0. The molecule has 0 heterocycles. The van der Waals surface area contributed by atoms with E-state index in [9.17, 15) is 0 Å². The van der Waals surface area contributed by atoms with Gasteiger partial charge in [0.2, 0.25) is 0 Å². The van der Waals surface area contributed by atoms with Gasteiger partial charge in [-0.15, -0.1) is 13.2 Å². The molecule has 0 bridgehead atoms. The highest BCUT2D eigenvalue weighted by atomic mass is 32.3. The lowest BCUT2D eigenvalue weighted by Gasteiger charge is -2.34. The highest BCUT2D eigenvalue weighted by molar-refractivity contribution is 8.31. The number of hydrogen-bond donors (Lipinski definition) is 1. The summed E-state index contributed by atoms with van der Waals surface area (Å²) in [4.78, 5) is 0. The van der Waals surface area contributed by atoms with Gasteiger partial charge in [-0.25, -0.2) is 0 Å². The first-order valence-corrected chi connectivity index (χ1v) is 6.26. The van der Waals surface area contributed by atoms with Crippen molar-refractivity contribution in [2.24, 2.45) is 0 Å². The van der Waals surface area contributed by atoms with Crippen molar-refractivity contribution in [3.8, 4) is 0 Å². The highest BCUT2D eigenvalue weighted by Gasteiger charge is 2.11. The zero-order valence-electron chi connectivity index (χ0n) is 7.60. The SMILES string of the molecule is C=CCS(C)(CC=C)NCC. The molecule has 0 atom stereocenters. The van der Waals surface area contributed by atoms with Gasteiger partial charge in [0.25, 0.3) is 0 Å². The van der Waals surface area contributed by atoms with E-state index in [2.05, 4.69) is 31.1 Å². The molecule has 0 fully saturated rings. The minimum Gasteiger partial charge on any atom is -0.281 e. The fraction of sp³-hybridized carbons (Fsp3) is 0.556. The molecule has 0 saturated heterocycles. The van der Waals surface area contributed by atoms with Crippen LogP contribution in [-0.4, -0.2) is 24.3 Å². The Morgan fingerprint density at radius 1 is 1.27 bits per heavy atom. The quantitative estimate of drug-likeness (QED) is 0.608. The molecule has 0 spiro atoms. The van der Waals surface area contributed by atoms with Gasteiger partial charge >= 0.3 is 0 Å². The van der Waals surface area contributed by atoms with Crippen LogP contribution in [0.2, 0.25) is 0 Å². The average molecular weight is 173 g/mol. The van der Waals surface area contributed by atoms with Crippen molar-refractivity contribution in [2.75, 3.05) is 24.3 Å². The molecule has 66 valence electrons. The van der Waals surface area contributed by atoms with E-state index in [1.165, 1.54) is 0 Å². The van der Waals surface area contributed by atoms with Crippen molar-refractivity contribution in [3.05, 3.63) is 25.3 Å². The molecule has 0 aromatic carbocycles. The summed E-state index contributed by atoms with van der Waals surface area (Å²) in [6, 6.07) is 0. The molecular formula is C9H19NS. The molecule has 0 saturated carbocycles. The van der Waals surface area contributed by atoms with Gasteiger partial charge in [0, 0.05) is 18.1 Å². The Morgan fingerprint density at radius 3 is 2.00 bits per heavy atom. The van der Waals surface area contributed by atoms with E-state index in [4.69, 9.17) is 0 Å². The Kier molecular flexibility index (Phi) is 5.34. The molecule has 1 N–H and O–H groups in total. The van der Waals surface area contributed by atoms with Crippen LogP contribution in [0.3, 0.4) is 0 Å². The van der Waals surface area contributed by atoms with E-state index in [1.54, 1.807) is 0 Å². The van der Waals surface area contributed by atoms with Crippen molar-refractivity contribution >= 4 is 10.2 Å². The maximum absolute atomic E-state index is 3.76. The zero-order valence-corrected chi connectivity index (χ0v) is 8.41. The number of hydrogen-bond acceptors (Lipinski definition) is 1. The molecule has 0 aliphatic rings. The third-order valence-electron chi connectivity index (χ3n) is 1.46. The minimum absolute atomic E-state index is 0.675. The molecule has 0 radical (unpaired) electrons. The molecule has 0 unspecified atom stereocenters. The minimum atomic E-state index is -0.675. The van der Waals surface area contributed by atoms with Crippen LogP contribution >= 0.6 is 10.2 Å². The van der Waals surface area contributed by atoms with E-state index in [0.717, 1.165) is 18.1 Å². The summed E-state index contributed by atoms with van der Waals surface area (Å²) in [6.45, 7) is 10.7. The number of nitrogens with one attached hydrogen (secondary N) is 1. The summed E-state index contributed by atoms with van der Waals surface area (Å²) in [7, 11) is -0.675. The zero-order chi connectivity index (χ0) is 8.74. The molecule has 11 heavy (non-hydrogen) atoms. The largest absolute Gasteiger partial charge is 0.281 e. The van der Waals surface area contributed by atoms with Gasteiger partial charge in [-0.05, 0) is 6.26 Å². The topological polar surface area (TPSA) is 12.0 Å². The van der Waals surface area contributed by atoms with Gasteiger partial charge in [-0.3, -0.25) is 4.72 Å². The third kappa shape index (κ3) is 4.27. The van der Waals surface area contributed by atoms with Crippen LogP contribution in [0.5, 0.6) is 0 Å². The van der Waals surface area contributed by atoms with Crippen molar-refractivity contribution in [3.63, 3.8) is 0 Å². The standard InChI is InChI=1S/C9H19NS/c1-5-8-11(4,9-6-2)10-7-3/h5-6,10H,1-2,7-9H2,3-4H3. The molecular weight excluding hydrogens is 154 g/mol. The molecule has 0 aliphatic carbocycles. The molecule has 0 aromatic rings. The Balaban J connectivity index is 3.98. The van der Waals surface area contributed by atoms with Gasteiger partial charge in [0.1, 0.15) is 0 Å². The van der Waals surface area contributed by atoms with Gasteiger partial charge < -0.3 is 0 Å². The van der Waals surface area contributed by atoms with Gasteiger partial charge in [0.05, 0.1) is 0 Å². The second-order valence-electron chi connectivity index (χ2n) is 2.68. The summed E-state index contributed by atoms with van der Waals surface area (Å²) in [5.74, 6) is 2.15. The Bertz CT molecular complexity index is 122. The van der Waals surface area contributed by atoms with E-state index in [0.29, 0.717) is 0 Å². The van der Waals surface area contributed by atoms with Crippen molar-refractivity contribution in [1.29, 1.82) is 0 Å². The molecule has 2 heteroatoms. The second-order valence-corrected chi connectivity index (χ2v) is 6.19. The maximum Gasteiger partial charge on any atom is 0.00681 e. The average Bonchev–Trinajstić information content (AvgIpc) is 1.88. The van der Waals surface area contributed by atoms with Crippen molar-refractivity contribution < 1.29 is 0 Å². The summed E-state index contributed by atoms with van der Waals surface area (Å²) in [6.07, 6.45) is 6.25. The van der Waals surface area contributed by atoms with E-state index >= 15 is 0 Å². The van der Waals surface area contributed by atoms with Crippen LogP contribution < -0.4 is 4.72 Å². The van der Waals surface area contributed by atoms with Crippen molar-refractivity contribution in [2.45, 2.75) is 6.92 Å². The smallest absolute Gasteiger partial charge is 0.00681 e. The van der Waals surface area contributed by atoms with Crippen LogP contribution in [0.15, 0.2) is 25.3 Å². The lowest BCUT2D eigenvalue weighted by molar-refractivity contribution is 1.01. The monoisotopic (exact) mass is 173 g/mol. The van der Waals surface area contributed by atoms with Gasteiger partial charge in [0.15, 0.2) is 0 Å². The second kappa shape index (κ2) is 5.44. The normalized spacial score (nSPS) is 12.5. The first kappa shape index (κ1) is 10.8. The molecule has 0 aromatic heterocycles. The Hall–Kier alpha value is -0.210. The Morgan fingerprint density at radius 2 is 1.73 bits per heavy atom. The Labute approximate surface area is 72.0 Å². The fourth-order valence-corrected chi connectivity index (χ4v) is 3.16. The lowest BCUT2D eigenvalue weighted by atomic mass is 10.8.